The summed E-state index contributed by atoms with van der Waals surface area (Å²) in [5.74, 6) is 6.89. The topological polar surface area (TPSA) is 62.4 Å². The molecule has 0 amide bonds. The number of hydrogen-bond acceptors (Lipinski definition) is 2. The summed E-state index contributed by atoms with van der Waals surface area (Å²) in [7, 11) is 0. The Morgan fingerprint density at radius 2 is 1.89 bits per heavy atom. The summed E-state index contributed by atoms with van der Waals surface area (Å²) >= 11 is 0. The van der Waals surface area contributed by atoms with E-state index in [2.05, 4.69) is 41.1 Å². The number of rotatable bonds is 3. The van der Waals surface area contributed by atoms with Crippen LogP contribution >= 0.6 is 0 Å². The van der Waals surface area contributed by atoms with E-state index in [1.807, 2.05) is 0 Å². The molecule has 0 aromatic heterocycles. The van der Waals surface area contributed by atoms with Crippen molar-refractivity contribution in [3.8, 4) is 0 Å². The molecule has 0 saturated heterocycles. The maximum atomic E-state index is 5.57. The summed E-state index contributed by atoms with van der Waals surface area (Å²) < 4.78 is 0. The van der Waals surface area contributed by atoms with Crippen molar-refractivity contribution in [1.82, 2.24) is 10.7 Å². The van der Waals surface area contributed by atoms with Gasteiger partial charge in [0.25, 0.3) is 0 Å². The third kappa shape index (κ3) is 3.07. The van der Waals surface area contributed by atoms with Gasteiger partial charge in [0.05, 0.1) is 6.04 Å². The molecule has 4 N–H and O–H groups in total. The van der Waals surface area contributed by atoms with Gasteiger partial charge in [-0.1, -0.05) is 43.2 Å². The van der Waals surface area contributed by atoms with Gasteiger partial charge in [-0.2, -0.15) is 0 Å². The van der Waals surface area contributed by atoms with E-state index in [1.165, 1.54) is 31.2 Å². The van der Waals surface area contributed by atoms with E-state index in [1.54, 1.807) is 0 Å². The minimum absolute atomic E-state index is 0.377. The number of benzene rings is 1. The van der Waals surface area contributed by atoms with Gasteiger partial charge in [-0.25, -0.2) is 10.8 Å². The van der Waals surface area contributed by atoms with Crippen LogP contribution in [0.15, 0.2) is 35.3 Å². The molecule has 19 heavy (non-hydrogen) atoms. The van der Waals surface area contributed by atoms with Crippen molar-refractivity contribution in [3.05, 3.63) is 35.9 Å². The molecule has 2 fully saturated rings. The van der Waals surface area contributed by atoms with Gasteiger partial charge < -0.3 is 5.32 Å². The van der Waals surface area contributed by atoms with Crippen LogP contribution in [0.25, 0.3) is 0 Å². The Morgan fingerprint density at radius 1 is 1.16 bits per heavy atom. The second-order valence-electron chi connectivity index (χ2n) is 5.57. The van der Waals surface area contributed by atoms with Gasteiger partial charge in [0.2, 0.25) is 5.96 Å². The van der Waals surface area contributed by atoms with Crippen molar-refractivity contribution >= 4 is 5.96 Å². The number of nitrogens with zero attached hydrogens (tertiary/aromatic N) is 1. The fraction of sp³-hybridized carbons (Fsp3) is 0.533. The van der Waals surface area contributed by atoms with E-state index < -0.39 is 0 Å². The molecule has 1 aromatic carbocycles. The van der Waals surface area contributed by atoms with Crippen molar-refractivity contribution < 1.29 is 0 Å². The van der Waals surface area contributed by atoms with Crippen molar-refractivity contribution in [2.24, 2.45) is 10.8 Å². The second-order valence-corrected chi connectivity index (χ2v) is 5.57. The fourth-order valence-electron chi connectivity index (χ4n) is 2.93. The molecule has 102 valence electrons. The molecule has 0 spiro atoms. The third-order valence-electron chi connectivity index (χ3n) is 4.11. The summed E-state index contributed by atoms with van der Waals surface area (Å²) in [6.45, 7) is 0. The van der Waals surface area contributed by atoms with Gasteiger partial charge in [0.1, 0.15) is 0 Å². The van der Waals surface area contributed by atoms with Gasteiger partial charge in [0, 0.05) is 12.0 Å². The first-order valence-electron chi connectivity index (χ1n) is 7.22. The van der Waals surface area contributed by atoms with Crippen molar-refractivity contribution in [2.75, 3.05) is 0 Å². The van der Waals surface area contributed by atoms with E-state index in [-0.39, 0.29) is 0 Å². The second kappa shape index (κ2) is 5.61. The summed E-state index contributed by atoms with van der Waals surface area (Å²) in [4.78, 5) is 4.70. The summed E-state index contributed by atoms with van der Waals surface area (Å²) in [5, 5.41) is 3.42. The number of aliphatic imine (C=N–C) groups is 1. The first-order valence-corrected chi connectivity index (χ1v) is 7.22. The number of nitrogens with one attached hydrogen (secondary N) is 2. The van der Waals surface area contributed by atoms with E-state index >= 15 is 0 Å². The first kappa shape index (κ1) is 12.5. The van der Waals surface area contributed by atoms with Crippen LogP contribution in [0.3, 0.4) is 0 Å². The van der Waals surface area contributed by atoms with E-state index in [0.717, 1.165) is 12.4 Å². The number of nitrogens with two attached hydrogens (primary N) is 1. The first-order chi connectivity index (χ1) is 9.36. The van der Waals surface area contributed by atoms with Crippen LogP contribution in [-0.2, 0) is 0 Å². The van der Waals surface area contributed by atoms with E-state index in [9.17, 15) is 0 Å². The lowest BCUT2D eigenvalue weighted by Crippen LogP contribution is -2.45. The SMILES string of the molecule is NNC(=NC1CC1c1ccccc1)NC1CCCC1. The number of guanidine groups is 1. The highest BCUT2D eigenvalue weighted by Gasteiger charge is 2.38. The minimum Gasteiger partial charge on any atom is -0.353 e. The van der Waals surface area contributed by atoms with E-state index in [4.69, 9.17) is 10.8 Å². The molecule has 2 saturated carbocycles. The van der Waals surface area contributed by atoms with Gasteiger partial charge in [-0.3, -0.25) is 5.43 Å². The van der Waals surface area contributed by atoms with E-state index in [0.29, 0.717) is 18.0 Å². The Balaban J connectivity index is 1.58. The molecular formula is C15H22N4. The molecule has 0 aliphatic heterocycles. The Hall–Kier alpha value is -1.55. The largest absolute Gasteiger partial charge is 0.353 e. The molecule has 3 rings (SSSR count). The van der Waals surface area contributed by atoms with Gasteiger partial charge >= 0.3 is 0 Å². The van der Waals surface area contributed by atoms with Gasteiger partial charge in [0.15, 0.2) is 0 Å². The highest BCUT2D eigenvalue weighted by atomic mass is 15.3. The molecule has 1 aromatic rings. The predicted octanol–water partition coefficient (Wildman–Crippen LogP) is 1.89. The van der Waals surface area contributed by atoms with Crippen molar-refractivity contribution in [2.45, 2.75) is 50.1 Å². The fourth-order valence-corrected chi connectivity index (χ4v) is 2.93. The van der Waals surface area contributed by atoms with Crippen LogP contribution in [-0.4, -0.2) is 18.0 Å². The average molecular weight is 258 g/mol. The average Bonchev–Trinajstić information content (AvgIpc) is 3.03. The normalized spacial score (nSPS) is 27.3. The quantitative estimate of drug-likeness (QED) is 0.336. The van der Waals surface area contributed by atoms with Crippen molar-refractivity contribution in [3.63, 3.8) is 0 Å². The Labute approximate surface area is 114 Å². The maximum Gasteiger partial charge on any atom is 0.206 e. The van der Waals surface area contributed by atoms with Crippen LogP contribution < -0.4 is 16.6 Å². The molecule has 2 atom stereocenters. The highest BCUT2D eigenvalue weighted by Crippen LogP contribution is 2.43. The predicted molar refractivity (Wildman–Crippen MR) is 77.7 cm³/mol. The standard InChI is InChI=1S/C15H22N4/c16-19-15(17-12-8-4-5-9-12)18-14-10-13(14)11-6-2-1-3-7-11/h1-3,6-7,12-14H,4-5,8-10,16H2,(H2,17,18,19). The van der Waals surface area contributed by atoms with Gasteiger partial charge in [-0.15, -0.1) is 0 Å². The zero-order valence-corrected chi connectivity index (χ0v) is 11.2. The summed E-state index contributed by atoms with van der Waals surface area (Å²) in [6, 6.07) is 11.5. The maximum absolute atomic E-state index is 5.57. The van der Waals surface area contributed by atoms with Crippen LogP contribution in [0, 0.1) is 0 Å². The molecule has 4 nitrogen and oxygen atoms in total. The van der Waals surface area contributed by atoms with Crippen LogP contribution in [0.2, 0.25) is 0 Å². The molecular weight excluding hydrogens is 236 g/mol. The van der Waals surface area contributed by atoms with Gasteiger partial charge in [-0.05, 0) is 24.8 Å². The highest BCUT2D eigenvalue weighted by molar-refractivity contribution is 5.80. The summed E-state index contributed by atoms with van der Waals surface area (Å²) in [6.07, 6.45) is 6.21. The molecule has 2 unspecified atom stereocenters. The third-order valence-corrected chi connectivity index (χ3v) is 4.11. The van der Waals surface area contributed by atoms with Crippen molar-refractivity contribution in [1.29, 1.82) is 0 Å². The number of hydrogen-bond donors (Lipinski definition) is 3. The van der Waals surface area contributed by atoms with Crippen LogP contribution in [0.1, 0.15) is 43.6 Å². The molecule has 0 radical (unpaired) electrons. The summed E-state index contributed by atoms with van der Waals surface area (Å²) in [5.41, 5.74) is 4.09. The molecule has 2 aliphatic carbocycles. The Bertz CT molecular complexity index is 437. The number of hydrazine groups is 1. The Kier molecular flexibility index (Phi) is 3.69. The monoisotopic (exact) mass is 258 g/mol. The zero-order valence-electron chi connectivity index (χ0n) is 11.2. The van der Waals surface area contributed by atoms with Crippen LogP contribution in [0.5, 0.6) is 0 Å². The minimum atomic E-state index is 0.377. The lowest BCUT2D eigenvalue weighted by atomic mass is 10.1. The molecule has 0 bridgehead atoms. The molecule has 0 heterocycles. The molecule has 4 heteroatoms. The lowest BCUT2D eigenvalue weighted by molar-refractivity contribution is 0.614. The smallest absolute Gasteiger partial charge is 0.206 e. The zero-order chi connectivity index (χ0) is 13.1. The lowest BCUT2D eigenvalue weighted by Gasteiger charge is -2.14. The molecule has 2 aliphatic rings. The van der Waals surface area contributed by atoms with Crippen LogP contribution in [0.4, 0.5) is 0 Å². The Morgan fingerprint density at radius 3 is 2.58 bits per heavy atom.